The standard InChI is InChI=1S/C15H23FN2O/c1-11-8-15(10-17,9-12(2)19-11)18(3)14-6-4-5-13(16)7-14/h4-7,11-12H,8-10,17H2,1-3H3. The molecule has 0 spiro atoms. The summed E-state index contributed by atoms with van der Waals surface area (Å²) in [6.07, 6.45) is 2.06. The van der Waals surface area contributed by atoms with E-state index in [1.54, 1.807) is 12.1 Å². The molecule has 4 heteroatoms. The van der Waals surface area contributed by atoms with Crippen molar-refractivity contribution in [3.05, 3.63) is 30.1 Å². The van der Waals surface area contributed by atoms with E-state index in [2.05, 4.69) is 18.7 Å². The van der Waals surface area contributed by atoms with E-state index in [1.807, 2.05) is 13.1 Å². The normalized spacial score (nSPS) is 31.2. The quantitative estimate of drug-likeness (QED) is 0.913. The minimum absolute atomic E-state index is 0.162. The van der Waals surface area contributed by atoms with E-state index in [1.165, 1.54) is 6.07 Å². The zero-order valence-corrected chi connectivity index (χ0v) is 11.9. The third kappa shape index (κ3) is 2.90. The summed E-state index contributed by atoms with van der Waals surface area (Å²) in [6, 6.07) is 6.67. The van der Waals surface area contributed by atoms with Gasteiger partial charge in [-0.25, -0.2) is 4.39 Å². The van der Waals surface area contributed by atoms with Crippen LogP contribution in [0.4, 0.5) is 10.1 Å². The van der Waals surface area contributed by atoms with Crippen LogP contribution >= 0.6 is 0 Å². The number of benzene rings is 1. The molecule has 0 amide bonds. The van der Waals surface area contributed by atoms with E-state index in [0.29, 0.717) is 6.54 Å². The minimum Gasteiger partial charge on any atom is -0.375 e. The number of ether oxygens (including phenoxy) is 1. The Hall–Kier alpha value is -1.13. The molecule has 1 heterocycles. The first-order valence-corrected chi connectivity index (χ1v) is 6.82. The van der Waals surface area contributed by atoms with Crippen molar-refractivity contribution < 1.29 is 9.13 Å². The Bertz CT molecular complexity index is 428. The highest BCUT2D eigenvalue weighted by Crippen LogP contribution is 2.35. The van der Waals surface area contributed by atoms with Crippen molar-refractivity contribution >= 4 is 5.69 Å². The Balaban J connectivity index is 2.30. The van der Waals surface area contributed by atoms with Crippen LogP contribution < -0.4 is 10.6 Å². The van der Waals surface area contributed by atoms with Crippen molar-refractivity contribution in [2.45, 2.75) is 44.4 Å². The van der Waals surface area contributed by atoms with Crippen molar-refractivity contribution in [3.63, 3.8) is 0 Å². The highest BCUT2D eigenvalue weighted by molar-refractivity contribution is 5.49. The van der Waals surface area contributed by atoms with E-state index >= 15 is 0 Å². The van der Waals surface area contributed by atoms with Crippen LogP contribution in [0.3, 0.4) is 0 Å². The number of nitrogens with zero attached hydrogens (tertiary/aromatic N) is 1. The van der Waals surface area contributed by atoms with Gasteiger partial charge in [0.25, 0.3) is 0 Å². The molecular weight excluding hydrogens is 243 g/mol. The maximum atomic E-state index is 13.4. The van der Waals surface area contributed by atoms with E-state index in [4.69, 9.17) is 10.5 Å². The van der Waals surface area contributed by atoms with Crippen LogP contribution in [-0.2, 0) is 4.74 Å². The van der Waals surface area contributed by atoms with Crippen LogP contribution in [-0.4, -0.2) is 31.3 Å². The summed E-state index contributed by atoms with van der Waals surface area (Å²) in [4.78, 5) is 2.12. The van der Waals surface area contributed by atoms with E-state index in [0.717, 1.165) is 18.5 Å². The second kappa shape index (κ2) is 5.47. The lowest BCUT2D eigenvalue weighted by molar-refractivity contribution is -0.0591. The zero-order chi connectivity index (χ0) is 14.0. The largest absolute Gasteiger partial charge is 0.375 e. The molecule has 1 aromatic rings. The summed E-state index contributed by atoms with van der Waals surface area (Å²) in [6.45, 7) is 4.68. The number of nitrogens with two attached hydrogens (primary N) is 1. The van der Waals surface area contributed by atoms with Gasteiger partial charge in [0.1, 0.15) is 5.82 Å². The average Bonchev–Trinajstić information content (AvgIpc) is 2.36. The van der Waals surface area contributed by atoms with Crippen molar-refractivity contribution in [2.75, 3.05) is 18.5 Å². The van der Waals surface area contributed by atoms with Crippen LogP contribution in [0.25, 0.3) is 0 Å². The van der Waals surface area contributed by atoms with Gasteiger partial charge in [0, 0.05) is 19.3 Å². The van der Waals surface area contributed by atoms with Crippen molar-refractivity contribution in [1.82, 2.24) is 0 Å². The number of rotatable bonds is 3. The summed E-state index contributed by atoms with van der Waals surface area (Å²) in [7, 11) is 1.99. The molecule has 2 atom stereocenters. The van der Waals surface area contributed by atoms with Gasteiger partial charge in [-0.3, -0.25) is 0 Å². The number of hydrogen-bond donors (Lipinski definition) is 1. The summed E-state index contributed by atoms with van der Waals surface area (Å²) in [5.74, 6) is -0.218. The van der Waals surface area contributed by atoms with Crippen molar-refractivity contribution in [2.24, 2.45) is 5.73 Å². The molecule has 3 nitrogen and oxygen atoms in total. The molecule has 0 bridgehead atoms. The summed E-state index contributed by atoms with van der Waals surface area (Å²) < 4.78 is 19.2. The molecule has 1 aliphatic heterocycles. The van der Waals surface area contributed by atoms with Crippen LogP contribution in [0.5, 0.6) is 0 Å². The molecule has 19 heavy (non-hydrogen) atoms. The van der Waals surface area contributed by atoms with Gasteiger partial charge in [-0.1, -0.05) is 6.07 Å². The molecule has 2 unspecified atom stereocenters. The molecule has 1 fully saturated rings. The van der Waals surface area contributed by atoms with Crippen molar-refractivity contribution in [3.8, 4) is 0 Å². The first kappa shape index (κ1) is 14.3. The predicted octanol–water partition coefficient (Wildman–Crippen LogP) is 2.55. The van der Waals surface area contributed by atoms with Gasteiger partial charge in [0.2, 0.25) is 0 Å². The smallest absolute Gasteiger partial charge is 0.125 e. The Morgan fingerprint density at radius 1 is 1.37 bits per heavy atom. The van der Waals surface area contributed by atoms with Crippen LogP contribution in [0.15, 0.2) is 24.3 Å². The second-order valence-corrected chi connectivity index (χ2v) is 5.63. The van der Waals surface area contributed by atoms with Crippen LogP contribution in [0, 0.1) is 5.82 Å². The number of likely N-dealkylation sites (N-methyl/N-ethyl adjacent to an activating group) is 1. The Kier molecular flexibility index (Phi) is 4.11. The highest BCUT2D eigenvalue weighted by atomic mass is 19.1. The van der Waals surface area contributed by atoms with Crippen LogP contribution in [0.2, 0.25) is 0 Å². The summed E-state index contributed by atoms with van der Waals surface area (Å²) in [5, 5.41) is 0. The van der Waals surface area contributed by atoms with E-state index in [9.17, 15) is 4.39 Å². The lowest BCUT2D eigenvalue weighted by atomic mass is 9.82. The Morgan fingerprint density at radius 3 is 2.53 bits per heavy atom. The van der Waals surface area contributed by atoms with Gasteiger partial charge in [-0.2, -0.15) is 0 Å². The maximum Gasteiger partial charge on any atom is 0.125 e. The summed E-state index contributed by atoms with van der Waals surface area (Å²) >= 11 is 0. The first-order chi connectivity index (χ1) is 8.97. The van der Waals surface area contributed by atoms with Gasteiger partial charge < -0.3 is 15.4 Å². The third-order valence-electron chi connectivity index (χ3n) is 4.09. The highest BCUT2D eigenvalue weighted by Gasteiger charge is 2.41. The molecular formula is C15H23FN2O. The van der Waals surface area contributed by atoms with Gasteiger partial charge in [-0.05, 0) is 44.9 Å². The van der Waals surface area contributed by atoms with E-state index in [-0.39, 0.29) is 23.6 Å². The van der Waals surface area contributed by atoms with Gasteiger partial charge in [-0.15, -0.1) is 0 Å². The average molecular weight is 266 g/mol. The lowest BCUT2D eigenvalue weighted by Gasteiger charge is -2.49. The topological polar surface area (TPSA) is 38.5 Å². The molecule has 106 valence electrons. The summed E-state index contributed by atoms with van der Waals surface area (Å²) in [5.41, 5.74) is 6.75. The van der Waals surface area contributed by atoms with Gasteiger partial charge in [0.05, 0.1) is 17.7 Å². The zero-order valence-electron chi connectivity index (χ0n) is 11.9. The maximum absolute atomic E-state index is 13.4. The molecule has 0 aromatic heterocycles. The molecule has 1 aliphatic rings. The second-order valence-electron chi connectivity index (χ2n) is 5.63. The van der Waals surface area contributed by atoms with Crippen LogP contribution in [0.1, 0.15) is 26.7 Å². The predicted molar refractivity (Wildman–Crippen MR) is 75.8 cm³/mol. The fraction of sp³-hybridized carbons (Fsp3) is 0.600. The van der Waals surface area contributed by atoms with Gasteiger partial charge >= 0.3 is 0 Å². The number of anilines is 1. The fourth-order valence-corrected chi connectivity index (χ4v) is 3.18. The molecule has 0 radical (unpaired) electrons. The number of halogens is 1. The Labute approximate surface area is 114 Å². The Morgan fingerprint density at radius 2 is 2.00 bits per heavy atom. The SMILES string of the molecule is CC1CC(CN)(N(C)c2cccc(F)c2)CC(C)O1. The molecule has 2 rings (SSSR count). The lowest BCUT2D eigenvalue weighted by Crippen LogP contribution is -2.58. The monoisotopic (exact) mass is 266 g/mol. The van der Waals surface area contributed by atoms with Gasteiger partial charge in [0.15, 0.2) is 0 Å². The third-order valence-corrected chi connectivity index (χ3v) is 4.09. The molecule has 1 aromatic carbocycles. The molecule has 0 aliphatic carbocycles. The fourth-order valence-electron chi connectivity index (χ4n) is 3.18. The molecule has 0 saturated carbocycles. The van der Waals surface area contributed by atoms with Crippen molar-refractivity contribution in [1.29, 1.82) is 0 Å². The molecule has 2 N–H and O–H groups in total. The van der Waals surface area contributed by atoms with E-state index < -0.39 is 0 Å². The number of hydrogen-bond acceptors (Lipinski definition) is 3. The minimum atomic E-state index is -0.218. The first-order valence-electron chi connectivity index (χ1n) is 6.82. The molecule has 1 saturated heterocycles.